The van der Waals surface area contributed by atoms with Gasteiger partial charge in [-0.3, -0.25) is 10.1 Å². The number of hydrogen-bond acceptors (Lipinski definition) is 4. The molecular weight excluding hydrogens is 262 g/mol. The van der Waals surface area contributed by atoms with Crippen molar-refractivity contribution < 1.29 is 24.5 Å². The van der Waals surface area contributed by atoms with Crippen LogP contribution in [0.1, 0.15) is 38.9 Å². The minimum Gasteiger partial charge on any atom is -0.481 e. The third-order valence-electron chi connectivity index (χ3n) is 2.31. The van der Waals surface area contributed by atoms with Gasteiger partial charge in [-0.1, -0.05) is 12.1 Å². The highest BCUT2D eigenvalue weighted by atomic mass is 16.6. The van der Waals surface area contributed by atoms with Gasteiger partial charge < -0.3 is 14.9 Å². The first-order valence-corrected chi connectivity index (χ1v) is 6.17. The lowest BCUT2D eigenvalue weighted by Gasteiger charge is -2.19. The maximum Gasteiger partial charge on any atom is 0.412 e. The number of aliphatic carboxylic acids is 1. The molecule has 1 aromatic rings. The van der Waals surface area contributed by atoms with Gasteiger partial charge >= 0.3 is 12.1 Å². The molecule has 1 aromatic carbocycles. The van der Waals surface area contributed by atoms with E-state index in [2.05, 4.69) is 5.32 Å². The summed E-state index contributed by atoms with van der Waals surface area (Å²) < 4.78 is 5.09. The van der Waals surface area contributed by atoms with Crippen LogP contribution in [0.3, 0.4) is 0 Å². The molecule has 0 saturated heterocycles. The molecule has 0 spiro atoms. The zero-order valence-electron chi connectivity index (χ0n) is 11.7. The molecule has 1 amide bonds. The van der Waals surface area contributed by atoms with Gasteiger partial charge in [-0.2, -0.15) is 0 Å². The van der Waals surface area contributed by atoms with Crippen molar-refractivity contribution in [3.05, 3.63) is 29.8 Å². The first-order chi connectivity index (χ1) is 9.17. The van der Waals surface area contributed by atoms with E-state index in [0.29, 0.717) is 11.3 Å². The Morgan fingerprint density at radius 1 is 1.25 bits per heavy atom. The third-order valence-corrected chi connectivity index (χ3v) is 2.31. The van der Waals surface area contributed by atoms with Crippen LogP contribution in [-0.2, 0) is 9.53 Å². The molecule has 0 aromatic heterocycles. The minimum absolute atomic E-state index is 0.362. The van der Waals surface area contributed by atoms with Crippen LogP contribution in [0, 0.1) is 0 Å². The smallest absolute Gasteiger partial charge is 0.412 e. The predicted octanol–water partition coefficient (Wildman–Crippen LogP) is 2.54. The Kier molecular flexibility index (Phi) is 5.10. The van der Waals surface area contributed by atoms with Gasteiger partial charge in [-0.25, -0.2) is 4.79 Å². The Morgan fingerprint density at radius 2 is 1.80 bits per heavy atom. The zero-order chi connectivity index (χ0) is 15.3. The van der Waals surface area contributed by atoms with Crippen LogP contribution in [0.15, 0.2) is 24.3 Å². The van der Waals surface area contributed by atoms with Gasteiger partial charge in [-0.15, -0.1) is 0 Å². The molecule has 0 aliphatic rings. The van der Waals surface area contributed by atoms with Crippen LogP contribution in [-0.4, -0.2) is 27.9 Å². The summed E-state index contributed by atoms with van der Waals surface area (Å²) in [6.07, 6.45) is -2.00. The molecule has 0 radical (unpaired) electrons. The second kappa shape index (κ2) is 6.38. The number of aliphatic hydroxyl groups is 1. The summed E-state index contributed by atoms with van der Waals surface area (Å²) in [5.74, 6) is -1.08. The average molecular weight is 281 g/mol. The van der Waals surface area contributed by atoms with Crippen molar-refractivity contribution in [3.8, 4) is 0 Å². The first kappa shape index (κ1) is 16.0. The van der Waals surface area contributed by atoms with Gasteiger partial charge in [0.15, 0.2) is 0 Å². The monoisotopic (exact) mass is 281 g/mol. The van der Waals surface area contributed by atoms with Crippen molar-refractivity contribution in [1.82, 2.24) is 0 Å². The molecule has 3 N–H and O–H groups in total. The predicted molar refractivity (Wildman–Crippen MR) is 73.5 cm³/mol. The summed E-state index contributed by atoms with van der Waals surface area (Å²) in [6.45, 7) is 5.29. The number of amides is 1. The largest absolute Gasteiger partial charge is 0.481 e. The van der Waals surface area contributed by atoms with E-state index in [1.807, 2.05) is 0 Å². The molecule has 6 nitrogen and oxygen atoms in total. The van der Waals surface area contributed by atoms with E-state index in [9.17, 15) is 14.7 Å². The number of benzene rings is 1. The maximum atomic E-state index is 11.5. The average Bonchev–Trinajstić information content (AvgIpc) is 2.26. The molecule has 6 heteroatoms. The van der Waals surface area contributed by atoms with Crippen molar-refractivity contribution in [2.24, 2.45) is 0 Å². The van der Waals surface area contributed by atoms with E-state index >= 15 is 0 Å². The molecule has 110 valence electrons. The molecule has 0 saturated carbocycles. The first-order valence-electron chi connectivity index (χ1n) is 6.17. The van der Waals surface area contributed by atoms with Crippen LogP contribution in [0.2, 0.25) is 0 Å². The fourth-order valence-electron chi connectivity index (χ4n) is 1.49. The quantitative estimate of drug-likeness (QED) is 0.788. The summed E-state index contributed by atoms with van der Waals surface area (Å²) in [6, 6.07) is 6.26. The highest BCUT2D eigenvalue weighted by Crippen LogP contribution is 2.19. The highest BCUT2D eigenvalue weighted by molar-refractivity contribution is 5.84. The van der Waals surface area contributed by atoms with E-state index in [0.717, 1.165) is 0 Å². The number of nitrogens with one attached hydrogen (secondary N) is 1. The summed E-state index contributed by atoms with van der Waals surface area (Å²) in [5, 5.41) is 20.8. The fraction of sp³-hybridized carbons (Fsp3) is 0.429. The molecular formula is C14H19NO5. The molecule has 0 aliphatic carbocycles. The van der Waals surface area contributed by atoms with Crippen LogP contribution < -0.4 is 5.32 Å². The van der Waals surface area contributed by atoms with Crippen LogP contribution in [0.25, 0.3) is 0 Å². The number of rotatable bonds is 4. The molecule has 0 fully saturated rings. The summed E-state index contributed by atoms with van der Waals surface area (Å²) in [4.78, 5) is 22.0. The van der Waals surface area contributed by atoms with Crippen molar-refractivity contribution in [2.75, 3.05) is 5.32 Å². The van der Waals surface area contributed by atoms with Crippen LogP contribution >= 0.6 is 0 Å². The molecule has 1 atom stereocenters. The summed E-state index contributed by atoms with van der Waals surface area (Å²) >= 11 is 0. The summed E-state index contributed by atoms with van der Waals surface area (Å²) in [5.41, 5.74) is 0.398. The number of hydrogen-bond donors (Lipinski definition) is 3. The molecule has 0 heterocycles. The maximum absolute atomic E-state index is 11.5. The van der Waals surface area contributed by atoms with Crippen molar-refractivity contribution in [3.63, 3.8) is 0 Å². The topological polar surface area (TPSA) is 95.9 Å². The second-order valence-electron chi connectivity index (χ2n) is 5.36. The van der Waals surface area contributed by atoms with E-state index < -0.39 is 23.8 Å². The van der Waals surface area contributed by atoms with Crippen molar-refractivity contribution in [2.45, 2.75) is 38.9 Å². The molecule has 0 bridgehead atoms. The van der Waals surface area contributed by atoms with Crippen molar-refractivity contribution >= 4 is 17.7 Å². The number of carbonyl (C=O) groups is 2. The Labute approximate surface area is 117 Å². The summed E-state index contributed by atoms with van der Waals surface area (Å²) in [7, 11) is 0. The van der Waals surface area contributed by atoms with Gasteiger partial charge in [0.05, 0.1) is 12.5 Å². The van der Waals surface area contributed by atoms with E-state index in [-0.39, 0.29) is 6.42 Å². The lowest BCUT2D eigenvalue weighted by atomic mass is 10.1. The molecule has 0 unspecified atom stereocenters. The van der Waals surface area contributed by atoms with Gasteiger partial charge in [-0.05, 0) is 38.5 Å². The second-order valence-corrected chi connectivity index (χ2v) is 5.36. The van der Waals surface area contributed by atoms with Gasteiger partial charge in [0.25, 0.3) is 0 Å². The number of ether oxygens (including phenoxy) is 1. The van der Waals surface area contributed by atoms with Crippen LogP contribution in [0.5, 0.6) is 0 Å². The zero-order valence-corrected chi connectivity index (χ0v) is 11.7. The normalized spacial score (nSPS) is 12.6. The highest BCUT2D eigenvalue weighted by Gasteiger charge is 2.16. The van der Waals surface area contributed by atoms with E-state index in [4.69, 9.17) is 9.84 Å². The van der Waals surface area contributed by atoms with E-state index in [1.54, 1.807) is 45.0 Å². The van der Waals surface area contributed by atoms with Gasteiger partial charge in [0.1, 0.15) is 5.60 Å². The lowest BCUT2D eigenvalue weighted by molar-refractivity contribution is -0.139. The Balaban J connectivity index is 2.63. The number of carboxylic acids is 1. The number of carboxylic acid groups (broad SMARTS) is 1. The SMILES string of the molecule is CC(C)(C)OC(=O)Nc1ccc([C@@H](O)CC(=O)O)cc1. The Hall–Kier alpha value is -2.08. The van der Waals surface area contributed by atoms with E-state index in [1.165, 1.54) is 0 Å². The Morgan fingerprint density at radius 3 is 2.25 bits per heavy atom. The van der Waals surface area contributed by atoms with Crippen molar-refractivity contribution in [1.29, 1.82) is 0 Å². The fourth-order valence-corrected chi connectivity index (χ4v) is 1.49. The molecule has 20 heavy (non-hydrogen) atoms. The number of aliphatic hydroxyl groups excluding tert-OH is 1. The lowest BCUT2D eigenvalue weighted by Crippen LogP contribution is -2.27. The molecule has 1 rings (SSSR count). The van der Waals surface area contributed by atoms with Crippen LogP contribution in [0.4, 0.5) is 10.5 Å². The molecule has 0 aliphatic heterocycles. The number of carbonyl (C=O) groups excluding carboxylic acids is 1. The van der Waals surface area contributed by atoms with Gasteiger partial charge in [0, 0.05) is 5.69 Å². The standard InChI is InChI=1S/C14H19NO5/c1-14(2,3)20-13(19)15-10-6-4-9(5-7-10)11(16)8-12(17)18/h4-7,11,16H,8H2,1-3H3,(H,15,19)(H,17,18)/t11-/m0/s1. The Bertz CT molecular complexity index is 475. The van der Waals surface area contributed by atoms with Gasteiger partial charge in [0.2, 0.25) is 0 Å². The minimum atomic E-state index is -1.08. The number of anilines is 1. The third kappa shape index (κ3) is 5.71.